The van der Waals surface area contributed by atoms with Gasteiger partial charge in [0.1, 0.15) is 0 Å². The van der Waals surface area contributed by atoms with E-state index in [1.165, 1.54) is 11.3 Å². The molecule has 0 saturated carbocycles. The Morgan fingerprint density at radius 1 is 1.17 bits per heavy atom. The molecule has 0 fully saturated rings. The second-order valence-electron chi connectivity index (χ2n) is 5.05. The van der Waals surface area contributed by atoms with Gasteiger partial charge in [0.05, 0.1) is 24.4 Å². The molecule has 2 aromatic carbocycles. The van der Waals surface area contributed by atoms with Crippen LogP contribution in [0.3, 0.4) is 0 Å². The number of aryl methyl sites for hydroxylation is 1. The standard InChI is InChI=1S/C17H15ClN2O3S/c1-20-12-8-13(22-2)14(23-3)9-15(12)24-17(20)19-16(21)10-5-4-6-11(18)7-10/h4-9H,1-3H3. The van der Waals surface area contributed by atoms with E-state index in [1.54, 1.807) is 38.5 Å². The molecule has 3 rings (SSSR count). The summed E-state index contributed by atoms with van der Waals surface area (Å²) in [5, 5.41) is 0.506. The Bertz CT molecular complexity index is 991. The van der Waals surface area contributed by atoms with Crippen molar-refractivity contribution in [2.75, 3.05) is 14.2 Å². The van der Waals surface area contributed by atoms with Crippen LogP contribution >= 0.6 is 22.9 Å². The monoisotopic (exact) mass is 362 g/mol. The van der Waals surface area contributed by atoms with E-state index in [-0.39, 0.29) is 5.91 Å². The number of carbonyl (C=O) groups excluding carboxylic acids is 1. The molecule has 1 heterocycles. The van der Waals surface area contributed by atoms with E-state index in [2.05, 4.69) is 4.99 Å². The smallest absolute Gasteiger partial charge is 0.279 e. The van der Waals surface area contributed by atoms with Gasteiger partial charge in [-0.2, -0.15) is 4.99 Å². The third kappa shape index (κ3) is 3.02. The Kier molecular flexibility index (Phi) is 4.59. The summed E-state index contributed by atoms with van der Waals surface area (Å²) in [6.07, 6.45) is 0. The van der Waals surface area contributed by atoms with Crippen molar-refractivity contribution in [2.45, 2.75) is 0 Å². The number of amides is 1. The number of rotatable bonds is 3. The normalized spacial score (nSPS) is 11.8. The average molecular weight is 363 g/mol. The Hall–Kier alpha value is -2.31. The van der Waals surface area contributed by atoms with E-state index in [9.17, 15) is 4.79 Å². The Balaban J connectivity index is 2.12. The van der Waals surface area contributed by atoms with Gasteiger partial charge in [0.2, 0.25) is 0 Å². The molecule has 124 valence electrons. The number of benzene rings is 2. The van der Waals surface area contributed by atoms with Crippen LogP contribution in [0.1, 0.15) is 10.4 Å². The second kappa shape index (κ2) is 6.67. The first kappa shape index (κ1) is 16.5. The first-order valence-corrected chi connectivity index (χ1v) is 8.29. The summed E-state index contributed by atoms with van der Waals surface area (Å²) in [7, 11) is 5.03. The highest BCUT2D eigenvalue weighted by Crippen LogP contribution is 2.33. The highest BCUT2D eigenvalue weighted by molar-refractivity contribution is 7.16. The molecule has 0 aliphatic carbocycles. The van der Waals surface area contributed by atoms with Crippen molar-refractivity contribution in [3.05, 3.63) is 51.8 Å². The molecule has 0 N–H and O–H groups in total. The van der Waals surface area contributed by atoms with Crippen LogP contribution in [0.15, 0.2) is 41.4 Å². The number of ether oxygens (including phenoxy) is 2. The SMILES string of the molecule is COc1cc2sc(=NC(=O)c3cccc(Cl)c3)n(C)c2cc1OC. The van der Waals surface area contributed by atoms with E-state index in [0.717, 1.165) is 10.2 Å². The van der Waals surface area contributed by atoms with Crippen molar-refractivity contribution in [2.24, 2.45) is 12.0 Å². The lowest BCUT2D eigenvalue weighted by Gasteiger charge is -2.07. The fourth-order valence-corrected chi connectivity index (χ4v) is 3.55. The van der Waals surface area contributed by atoms with Crippen LogP contribution < -0.4 is 14.3 Å². The molecule has 7 heteroatoms. The lowest BCUT2D eigenvalue weighted by molar-refractivity contribution is 0.0998. The summed E-state index contributed by atoms with van der Waals surface area (Å²) in [6, 6.07) is 10.5. The van der Waals surface area contributed by atoms with Gasteiger partial charge in [-0.15, -0.1) is 0 Å². The summed E-state index contributed by atoms with van der Waals surface area (Å²) < 4.78 is 13.4. The van der Waals surface area contributed by atoms with Crippen molar-refractivity contribution in [1.29, 1.82) is 0 Å². The third-order valence-electron chi connectivity index (χ3n) is 3.58. The number of aromatic nitrogens is 1. The van der Waals surface area contributed by atoms with Crippen LogP contribution in [0.2, 0.25) is 5.02 Å². The number of hydrogen-bond acceptors (Lipinski definition) is 4. The summed E-state index contributed by atoms with van der Waals surface area (Å²) in [5.74, 6) is 0.935. The molecule has 0 radical (unpaired) electrons. The lowest BCUT2D eigenvalue weighted by atomic mass is 10.2. The van der Waals surface area contributed by atoms with Crippen molar-refractivity contribution in [3.63, 3.8) is 0 Å². The van der Waals surface area contributed by atoms with Gasteiger partial charge in [-0.25, -0.2) is 0 Å². The molecule has 3 aromatic rings. The summed E-state index contributed by atoms with van der Waals surface area (Å²) in [6.45, 7) is 0. The summed E-state index contributed by atoms with van der Waals surface area (Å²) in [5.41, 5.74) is 1.37. The van der Waals surface area contributed by atoms with E-state index in [1.807, 2.05) is 23.7 Å². The highest BCUT2D eigenvalue weighted by Gasteiger charge is 2.12. The maximum atomic E-state index is 12.4. The van der Waals surface area contributed by atoms with E-state index >= 15 is 0 Å². The van der Waals surface area contributed by atoms with Crippen molar-refractivity contribution in [3.8, 4) is 11.5 Å². The number of methoxy groups -OCH3 is 2. The molecule has 0 aliphatic heterocycles. The Morgan fingerprint density at radius 3 is 2.54 bits per heavy atom. The van der Waals surface area contributed by atoms with Crippen molar-refractivity contribution >= 4 is 39.1 Å². The van der Waals surface area contributed by atoms with Crippen LogP contribution in [0.25, 0.3) is 10.2 Å². The van der Waals surface area contributed by atoms with Crippen LogP contribution in [0, 0.1) is 0 Å². The van der Waals surface area contributed by atoms with Gasteiger partial charge in [0, 0.05) is 29.8 Å². The first-order valence-electron chi connectivity index (χ1n) is 7.09. The molecule has 0 bridgehead atoms. The molecular formula is C17H15ClN2O3S. The van der Waals surface area contributed by atoms with Crippen molar-refractivity contribution < 1.29 is 14.3 Å². The minimum absolute atomic E-state index is 0.335. The van der Waals surface area contributed by atoms with Crippen LogP contribution in [-0.4, -0.2) is 24.7 Å². The molecule has 24 heavy (non-hydrogen) atoms. The zero-order valence-corrected chi connectivity index (χ0v) is 14.9. The summed E-state index contributed by atoms with van der Waals surface area (Å²) >= 11 is 7.34. The first-order chi connectivity index (χ1) is 11.5. The van der Waals surface area contributed by atoms with Crippen LogP contribution in [-0.2, 0) is 7.05 Å². The van der Waals surface area contributed by atoms with E-state index in [4.69, 9.17) is 21.1 Å². The molecular weight excluding hydrogens is 348 g/mol. The molecule has 0 aliphatic rings. The molecule has 1 amide bonds. The summed E-state index contributed by atoms with van der Waals surface area (Å²) in [4.78, 5) is 17.2. The molecule has 0 saturated heterocycles. The number of thiazole rings is 1. The number of carbonyl (C=O) groups is 1. The number of hydrogen-bond donors (Lipinski definition) is 0. The fraction of sp³-hybridized carbons (Fsp3) is 0.176. The maximum absolute atomic E-state index is 12.4. The van der Waals surface area contributed by atoms with Gasteiger partial charge in [-0.3, -0.25) is 4.79 Å². The van der Waals surface area contributed by atoms with Gasteiger partial charge >= 0.3 is 0 Å². The second-order valence-corrected chi connectivity index (χ2v) is 6.49. The Morgan fingerprint density at radius 2 is 1.88 bits per heavy atom. The van der Waals surface area contributed by atoms with Crippen LogP contribution in [0.4, 0.5) is 0 Å². The number of fused-ring (bicyclic) bond motifs is 1. The number of nitrogens with zero attached hydrogens (tertiary/aromatic N) is 2. The zero-order chi connectivity index (χ0) is 17.3. The molecule has 0 atom stereocenters. The molecule has 0 spiro atoms. The largest absolute Gasteiger partial charge is 0.493 e. The molecule has 1 aromatic heterocycles. The number of halogens is 1. The Labute approximate surface area is 147 Å². The van der Waals surface area contributed by atoms with Gasteiger partial charge in [0.15, 0.2) is 16.3 Å². The van der Waals surface area contributed by atoms with Crippen LogP contribution in [0.5, 0.6) is 11.5 Å². The minimum Gasteiger partial charge on any atom is -0.493 e. The van der Waals surface area contributed by atoms with Gasteiger partial charge in [0.25, 0.3) is 5.91 Å². The minimum atomic E-state index is -0.335. The maximum Gasteiger partial charge on any atom is 0.279 e. The predicted octanol–water partition coefficient (Wildman–Crippen LogP) is 3.65. The van der Waals surface area contributed by atoms with E-state index in [0.29, 0.717) is 26.9 Å². The fourth-order valence-electron chi connectivity index (χ4n) is 2.33. The average Bonchev–Trinajstić information content (AvgIpc) is 2.88. The van der Waals surface area contributed by atoms with Crippen molar-refractivity contribution in [1.82, 2.24) is 4.57 Å². The quantitative estimate of drug-likeness (QED) is 0.714. The molecule has 5 nitrogen and oxygen atoms in total. The molecule has 0 unspecified atom stereocenters. The van der Waals surface area contributed by atoms with E-state index < -0.39 is 0 Å². The topological polar surface area (TPSA) is 52.8 Å². The zero-order valence-electron chi connectivity index (χ0n) is 13.4. The predicted molar refractivity (Wildman–Crippen MR) is 95.2 cm³/mol. The third-order valence-corrected chi connectivity index (χ3v) is 4.91. The van der Waals surface area contributed by atoms with Gasteiger partial charge in [-0.05, 0) is 18.2 Å². The van der Waals surface area contributed by atoms with Gasteiger partial charge in [-0.1, -0.05) is 29.0 Å². The highest BCUT2D eigenvalue weighted by atomic mass is 35.5. The van der Waals surface area contributed by atoms with Gasteiger partial charge < -0.3 is 14.0 Å². The lowest BCUT2D eigenvalue weighted by Crippen LogP contribution is -2.13.